The Balaban J connectivity index is 2.38. The quantitative estimate of drug-likeness (QED) is 0.929. The van der Waals surface area contributed by atoms with E-state index in [1.807, 2.05) is 6.07 Å². The zero-order chi connectivity index (χ0) is 11.5. The molecule has 0 radical (unpaired) electrons. The van der Waals surface area contributed by atoms with Gasteiger partial charge in [-0.2, -0.15) is 0 Å². The molecule has 3 nitrogen and oxygen atoms in total. The Labute approximate surface area is 104 Å². The monoisotopic (exact) mass is 285 g/mol. The fraction of sp³-hybridized carbons (Fsp3) is 0.500. The lowest BCUT2D eigenvalue weighted by molar-refractivity contribution is 0.168. The molecule has 16 heavy (non-hydrogen) atoms. The molecule has 0 fully saturated rings. The molecule has 0 saturated carbocycles. The van der Waals surface area contributed by atoms with Crippen molar-refractivity contribution in [2.24, 2.45) is 5.73 Å². The molecule has 1 aliphatic rings. The Hall–Kier alpha value is -0.740. The second-order valence-corrected chi connectivity index (χ2v) is 4.82. The number of rotatable bonds is 3. The molecule has 0 spiro atoms. The van der Waals surface area contributed by atoms with Crippen molar-refractivity contribution in [3.63, 3.8) is 0 Å². The lowest BCUT2D eigenvalue weighted by Gasteiger charge is -2.24. The van der Waals surface area contributed by atoms with Gasteiger partial charge in [-0.3, -0.25) is 0 Å². The maximum atomic E-state index is 5.71. The Morgan fingerprint density at radius 3 is 2.69 bits per heavy atom. The predicted octanol–water partition coefficient (Wildman–Crippen LogP) is 2.67. The highest BCUT2D eigenvalue weighted by Crippen LogP contribution is 2.43. The summed E-state index contributed by atoms with van der Waals surface area (Å²) in [6.07, 6.45) is 0.956. The summed E-state index contributed by atoms with van der Waals surface area (Å²) >= 11 is 3.47. The van der Waals surface area contributed by atoms with E-state index in [0.717, 1.165) is 22.4 Å². The van der Waals surface area contributed by atoms with Crippen molar-refractivity contribution >= 4 is 15.9 Å². The molecule has 88 valence electrons. The molecule has 1 aromatic carbocycles. The molecule has 0 aliphatic carbocycles. The lowest BCUT2D eigenvalue weighted by Crippen LogP contribution is -2.18. The van der Waals surface area contributed by atoms with Crippen molar-refractivity contribution in [2.75, 3.05) is 19.8 Å². The molecule has 2 N–H and O–H groups in total. The van der Waals surface area contributed by atoms with E-state index in [1.54, 1.807) is 0 Å². The van der Waals surface area contributed by atoms with Crippen LogP contribution in [0.5, 0.6) is 11.5 Å². The highest BCUT2D eigenvalue weighted by Gasteiger charge is 2.21. The van der Waals surface area contributed by atoms with Crippen LogP contribution in [0.3, 0.4) is 0 Å². The first-order valence-electron chi connectivity index (χ1n) is 5.52. The van der Waals surface area contributed by atoms with Gasteiger partial charge in [-0.05, 0) is 40.9 Å². The zero-order valence-corrected chi connectivity index (χ0v) is 10.9. The van der Waals surface area contributed by atoms with Gasteiger partial charge in [0.15, 0.2) is 11.5 Å². The molecule has 2 rings (SSSR count). The number of fused-ring (bicyclic) bond motifs is 1. The predicted molar refractivity (Wildman–Crippen MR) is 67.2 cm³/mol. The third kappa shape index (κ3) is 2.18. The Morgan fingerprint density at radius 1 is 1.31 bits per heavy atom. The zero-order valence-electron chi connectivity index (χ0n) is 9.33. The highest BCUT2D eigenvalue weighted by atomic mass is 79.9. The number of hydrogen-bond donors (Lipinski definition) is 1. The summed E-state index contributed by atoms with van der Waals surface area (Å²) in [5, 5.41) is 0. The van der Waals surface area contributed by atoms with Gasteiger partial charge in [-0.1, -0.05) is 13.0 Å². The van der Waals surface area contributed by atoms with Gasteiger partial charge >= 0.3 is 0 Å². The summed E-state index contributed by atoms with van der Waals surface area (Å²) < 4.78 is 12.3. The molecule has 4 heteroatoms. The van der Waals surface area contributed by atoms with Crippen LogP contribution in [-0.4, -0.2) is 19.8 Å². The van der Waals surface area contributed by atoms with Gasteiger partial charge in [0.05, 0.1) is 4.47 Å². The molecule has 1 aromatic rings. The van der Waals surface area contributed by atoms with E-state index in [4.69, 9.17) is 15.2 Å². The van der Waals surface area contributed by atoms with Crippen LogP contribution in [0.15, 0.2) is 16.6 Å². The molecule has 0 aromatic heterocycles. The van der Waals surface area contributed by atoms with Crippen LogP contribution in [0.1, 0.15) is 24.8 Å². The van der Waals surface area contributed by atoms with E-state index < -0.39 is 0 Å². The molecule has 1 aliphatic heterocycles. The first-order chi connectivity index (χ1) is 7.74. The van der Waals surface area contributed by atoms with E-state index in [9.17, 15) is 0 Å². The minimum atomic E-state index is 0.397. The average Bonchev–Trinajstić information content (AvgIpc) is 2.30. The fourth-order valence-corrected chi connectivity index (χ4v) is 2.34. The first kappa shape index (κ1) is 11.7. The molecular formula is C12H16BrNO2. The summed E-state index contributed by atoms with van der Waals surface area (Å²) in [6.45, 7) is 4.08. The number of benzene rings is 1. The van der Waals surface area contributed by atoms with Crippen LogP contribution >= 0.6 is 15.9 Å². The molecule has 0 saturated heterocycles. The third-order valence-corrected chi connectivity index (χ3v) is 3.43. The van der Waals surface area contributed by atoms with E-state index in [-0.39, 0.29) is 0 Å². The second-order valence-electron chi connectivity index (χ2n) is 3.97. The van der Waals surface area contributed by atoms with Crippen molar-refractivity contribution in [2.45, 2.75) is 19.3 Å². The second kappa shape index (κ2) is 5.06. The highest BCUT2D eigenvalue weighted by molar-refractivity contribution is 9.10. The van der Waals surface area contributed by atoms with Gasteiger partial charge in [0, 0.05) is 5.56 Å². The van der Waals surface area contributed by atoms with E-state index in [0.29, 0.717) is 25.7 Å². The molecule has 1 atom stereocenters. The maximum Gasteiger partial charge on any atom is 0.175 e. The lowest BCUT2D eigenvalue weighted by atomic mass is 9.96. The topological polar surface area (TPSA) is 44.5 Å². The third-order valence-electron chi connectivity index (χ3n) is 2.80. The Kier molecular flexibility index (Phi) is 3.71. The Morgan fingerprint density at radius 2 is 2.00 bits per heavy atom. The summed E-state index contributed by atoms with van der Waals surface area (Å²) in [6, 6.07) is 4.09. The molecular weight excluding hydrogens is 270 g/mol. The van der Waals surface area contributed by atoms with Gasteiger partial charge in [0.25, 0.3) is 0 Å². The maximum absolute atomic E-state index is 5.71. The van der Waals surface area contributed by atoms with Crippen molar-refractivity contribution in [3.8, 4) is 11.5 Å². The van der Waals surface area contributed by atoms with Crippen LogP contribution in [0.25, 0.3) is 0 Å². The van der Waals surface area contributed by atoms with E-state index in [2.05, 4.69) is 28.9 Å². The van der Waals surface area contributed by atoms with Crippen LogP contribution in [-0.2, 0) is 0 Å². The fourth-order valence-electron chi connectivity index (χ4n) is 1.92. The minimum Gasteiger partial charge on any atom is -0.486 e. The molecule has 1 heterocycles. The van der Waals surface area contributed by atoms with Crippen LogP contribution in [0, 0.1) is 0 Å². The van der Waals surface area contributed by atoms with E-state index >= 15 is 0 Å². The van der Waals surface area contributed by atoms with Crippen molar-refractivity contribution < 1.29 is 9.47 Å². The first-order valence-corrected chi connectivity index (χ1v) is 6.31. The van der Waals surface area contributed by atoms with Gasteiger partial charge in [-0.15, -0.1) is 0 Å². The smallest absolute Gasteiger partial charge is 0.175 e. The van der Waals surface area contributed by atoms with Gasteiger partial charge in [0.2, 0.25) is 0 Å². The minimum absolute atomic E-state index is 0.397. The van der Waals surface area contributed by atoms with Crippen molar-refractivity contribution in [1.82, 2.24) is 0 Å². The summed E-state index contributed by atoms with van der Waals surface area (Å²) in [7, 11) is 0. The summed E-state index contributed by atoms with van der Waals surface area (Å²) in [5.74, 6) is 2.10. The Bertz CT molecular complexity index is 382. The van der Waals surface area contributed by atoms with Crippen LogP contribution in [0.2, 0.25) is 0 Å². The number of halogens is 1. The molecule has 1 unspecified atom stereocenters. The number of nitrogens with two attached hydrogens (primary N) is 1. The van der Waals surface area contributed by atoms with Crippen molar-refractivity contribution in [3.05, 3.63) is 22.2 Å². The average molecular weight is 286 g/mol. The summed E-state index contributed by atoms with van der Waals surface area (Å²) in [4.78, 5) is 0. The van der Waals surface area contributed by atoms with Gasteiger partial charge < -0.3 is 15.2 Å². The van der Waals surface area contributed by atoms with Crippen LogP contribution < -0.4 is 15.2 Å². The van der Waals surface area contributed by atoms with Gasteiger partial charge in [0.1, 0.15) is 13.2 Å². The summed E-state index contributed by atoms with van der Waals surface area (Å²) in [5.41, 5.74) is 6.78. The molecule has 0 amide bonds. The largest absolute Gasteiger partial charge is 0.486 e. The van der Waals surface area contributed by atoms with E-state index in [1.165, 1.54) is 5.56 Å². The standard InChI is InChI=1S/C12H16BrNO2/c1-8(4-5-14)9-2-3-10(13)12-11(9)15-6-7-16-12/h2-3,8H,4-7,14H2,1H3. The van der Waals surface area contributed by atoms with Crippen molar-refractivity contribution in [1.29, 1.82) is 0 Å². The normalized spacial score (nSPS) is 15.9. The number of ether oxygens (including phenoxy) is 2. The SMILES string of the molecule is CC(CCN)c1ccc(Br)c2c1OCCO2. The van der Waals surface area contributed by atoms with Crippen LogP contribution in [0.4, 0.5) is 0 Å². The van der Waals surface area contributed by atoms with Gasteiger partial charge in [-0.25, -0.2) is 0 Å². The number of hydrogen-bond acceptors (Lipinski definition) is 3. The molecule has 0 bridgehead atoms.